The summed E-state index contributed by atoms with van der Waals surface area (Å²) in [5.74, 6) is 0.448. The lowest BCUT2D eigenvalue weighted by Crippen LogP contribution is -2.38. The highest BCUT2D eigenvalue weighted by atomic mass is 79.9. The van der Waals surface area contributed by atoms with Gasteiger partial charge in [-0.2, -0.15) is 0 Å². The zero-order valence-corrected chi connectivity index (χ0v) is 13.9. The minimum Gasteiger partial charge on any atom is -0.349 e. The Morgan fingerprint density at radius 2 is 2.30 bits per heavy atom. The maximum Gasteiger partial charge on any atom is 0.270 e. The van der Waals surface area contributed by atoms with Crippen LogP contribution in [0.25, 0.3) is 9.88 Å². The minimum atomic E-state index is -0.140. The van der Waals surface area contributed by atoms with Crippen LogP contribution in [0.5, 0.6) is 0 Å². The normalized spacial score (nSPS) is 16.1. The van der Waals surface area contributed by atoms with Crippen LogP contribution in [0.4, 0.5) is 0 Å². The summed E-state index contributed by atoms with van der Waals surface area (Å²) >= 11 is 6.51. The van der Waals surface area contributed by atoms with Gasteiger partial charge in [-0.1, -0.05) is 0 Å². The van der Waals surface area contributed by atoms with Crippen molar-refractivity contribution in [2.45, 2.75) is 18.9 Å². The summed E-state index contributed by atoms with van der Waals surface area (Å²) in [4.78, 5) is 17.5. The zero-order chi connectivity index (χ0) is 14.1. The third-order valence-corrected chi connectivity index (χ3v) is 5.94. The standard InChI is InChI=1S/C13H14BrN3OS2/c14-8-3-11(19-5-8)13-17-10(6-20-13)12(18)16-4-9(15)7-1-2-7/h3,5-7,9H,1-2,4,15H2,(H,16,18). The van der Waals surface area contributed by atoms with Crippen molar-refractivity contribution in [3.05, 3.63) is 27.0 Å². The molecule has 4 nitrogen and oxygen atoms in total. The van der Waals surface area contributed by atoms with Gasteiger partial charge in [0.25, 0.3) is 5.91 Å². The topological polar surface area (TPSA) is 68.0 Å². The predicted octanol–water partition coefficient (Wildman–Crippen LogP) is 3.10. The highest BCUT2D eigenvalue weighted by Crippen LogP contribution is 2.32. The number of carbonyl (C=O) groups is 1. The van der Waals surface area contributed by atoms with Gasteiger partial charge in [-0.3, -0.25) is 4.79 Å². The molecule has 0 aliphatic heterocycles. The zero-order valence-electron chi connectivity index (χ0n) is 10.6. The van der Waals surface area contributed by atoms with Crippen molar-refractivity contribution in [2.24, 2.45) is 11.7 Å². The van der Waals surface area contributed by atoms with Gasteiger partial charge in [0.15, 0.2) is 0 Å². The second-order valence-corrected chi connectivity index (χ2v) is 7.56. The SMILES string of the molecule is NC(CNC(=O)c1csc(-c2cc(Br)cs2)n1)C1CC1. The van der Waals surface area contributed by atoms with Gasteiger partial charge in [0.05, 0.1) is 4.88 Å². The minimum absolute atomic E-state index is 0.0744. The van der Waals surface area contributed by atoms with Crippen LogP contribution in [0.3, 0.4) is 0 Å². The summed E-state index contributed by atoms with van der Waals surface area (Å²) in [6.07, 6.45) is 2.37. The molecule has 1 atom stereocenters. The molecule has 0 aromatic carbocycles. The van der Waals surface area contributed by atoms with Crippen molar-refractivity contribution in [3.63, 3.8) is 0 Å². The Kier molecular flexibility index (Phi) is 4.21. The highest BCUT2D eigenvalue weighted by molar-refractivity contribution is 9.10. The van der Waals surface area contributed by atoms with Crippen molar-refractivity contribution >= 4 is 44.5 Å². The van der Waals surface area contributed by atoms with Crippen LogP contribution in [0.15, 0.2) is 21.3 Å². The fourth-order valence-corrected chi connectivity index (χ4v) is 4.22. The first-order valence-electron chi connectivity index (χ1n) is 6.37. The van der Waals surface area contributed by atoms with Gasteiger partial charge >= 0.3 is 0 Å². The monoisotopic (exact) mass is 371 g/mol. The number of thiophene rings is 1. The van der Waals surface area contributed by atoms with Gasteiger partial charge in [0, 0.05) is 27.8 Å². The first kappa shape index (κ1) is 14.2. The number of nitrogens with one attached hydrogen (secondary N) is 1. The average molecular weight is 372 g/mol. The van der Waals surface area contributed by atoms with E-state index in [2.05, 4.69) is 26.2 Å². The fraction of sp³-hybridized carbons (Fsp3) is 0.385. The van der Waals surface area contributed by atoms with Gasteiger partial charge in [-0.05, 0) is 40.8 Å². The van der Waals surface area contributed by atoms with Crippen LogP contribution in [0.1, 0.15) is 23.3 Å². The number of hydrogen-bond donors (Lipinski definition) is 2. The molecule has 3 rings (SSSR count). The first-order chi connectivity index (χ1) is 9.63. The molecule has 2 aromatic heterocycles. The van der Waals surface area contributed by atoms with Crippen LogP contribution in [-0.2, 0) is 0 Å². The van der Waals surface area contributed by atoms with E-state index >= 15 is 0 Å². The summed E-state index contributed by atoms with van der Waals surface area (Å²) in [5, 5.41) is 7.53. The molecule has 1 saturated carbocycles. The van der Waals surface area contributed by atoms with Gasteiger partial charge in [0.1, 0.15) is 10.7 Å². The summed E-state index contributed by atoms with van der Waals surface area (Å²) in [7, 11) is 0. The van der Waals surface area contributed by atoms with E-state index in [-0.39, 0.29) is 11.9 Å². The molecule has 1 unspecified atom stereocenters. The Labute approximate surface area is 133 Å². The van der Waals surface area contributed by atoms with Gasteiger partial charge < -0.3 is 11.1 Å². The van der Waals surface area contributed by atoms with Crippen LogP contribution in [0, 0.1) is 5.92 Å². The molecule has 0 bridgehead atoms. The van der Waals surface area contributed by atoms with Crippen molar-refractivity contribution in [1.82, 2.24) is 10.3 Å². The molecule has 2 heterocycles. The molecule has 7 heteroatoms. The molecule has 1 fully saturated rings. The molecule has 2 aromatic rings. The van der Waals surface area contributed by atoms with Crippen LogP contribution in [0.2, 0.25) is 0 Å². The Balaban J connectivity index is 1.62. The average Bonchev–Trinajstić information content (AvgIpc) is 3.01. The molecule has 0 spiro atoms. The number of halogens is 1. The number of rotatable bonds is 5. The number of nitrogens with two attached hydrogens (primary N) is 1. The Bertz CT molecular complexity index is 621. The number of amides is 1. The molecule has 1 aliphatic carbocycles. The van der Waals surface area contributed by atoms with Crippen LogP contribution >= 0.6 is 38.6 Å². The van der Waals surface area contributed by atoms with E-state index in [0.29, 0.717) is 18.2 Å². The predicted molar refractivity (Wildman–Crippen MR) is 86.2 cm³/mol. The highest BCUT2D eigenvalue weighted by Gasteiger charge is 2.28. The largest absolute Gasteiger partial charge is 0.349 e. The number of nitrogens with zero attached hydrogens (tertiary/aromatic N) is 1. The molecule has 0 radical (unpaired) electrons. The summed E-state index contributed by atoms with van der Waals surface area (Å²) in [5.41, 5.74) is 6.44. The second-order valence-electron chi connectivity index (χ2n) is 4.88. The number of thiazole rings is 1. The van der Waals surface area contributed by atoms with Crippen molar-refractivity contribution in [2.75, 3.05) is 6.54 Å². The van der Waals surface area contributed by atoms with Crippen LogP contribution < -0.4 is 11.1 Å². The molecule has 1 amide bonds. The number of hydrogen-bond acceptors (Lipinski definition) is 5. The van der Waals surface area contributed by atoms with E-state index in [1.54, 1.807) is 16.7 Å². The number of carbonyl (C=O) groups excluding carboxylic acids is 1. The van der Waals surface area contributed by atoms with Crippen molar-refractivity contribution < 1.29 is 4.79 Å². The van der Waals surface area contributed by atoms with Gasteiger partial charge in [-0.15, -0.1) is 22.7 Å². The van der Waals surface area contributed by atoms with Gasteiger partial charge in [0.2, 0.25) is 0 Å². The quantitative estimate of drug-likeness (QED) is 0.848. The Morgan fingerprint density at radius 3 is 2.95 bits per heavy atom. The van der Waals surface area contributed by atoms with Gasteiger partial charge in [-0.25, -0.2) is 4.98 Å². The van der Waals surface area contributed by atoms with E-state index < -0.39 is 0 Å². The lowest BCUT2D eigenvalue weighted by molar-refractivity contribution is 0.0946. The first-order valence-corrected chi connectivity index (χ1v) is 8.92. The van der Waals surface area contributed by atoms with E-state index in [9.17, 15) is 4.79 Å². The van der Waals surface area contributed by atoms with E-state index in [0.717, 1.165) is 14.4 Å². The van der Waals surface area contributed by atoms with E-state index in [4.69, 9.17) is 5.73 Å². The van der Waals surface area contributed by atoms with Crippen LogP contribution in [-0.4, -0.2) is 23.5 Å². The summed E-state index contributed by atoms with van der Waals surface area (Å²) < 4.78 is 1.04. The lowest BCUT2D eigenvalue weighted by atomic mass is 10.2. The van der Waals surface area contributed by atoms with Crippen molar-refractivity contribution in [3.8, 4) is 9.88 Å². The molecule has 106 valence electrons. The summed E-state index contributed by atoms with van der Waals surface area (Å²) in [6, 6.07) is 2.08. The Morgan fingerprint density at radius 1 is 1.50 bits per heavy atom. The van der Waals surface area contributed by atoms with E-state index in [1.165, 1.54) is 24.2 Å². The smallest absolute Gasteiger partial charge is 0.270 e. The molecule has 0 saturated heterocycles. The third-order valence-electron chi connectivity index (χ3n) is 3.24. The Hall–Kier alpha value is -0.760. The van der Waals surface area contributed by atoms with Crippen molar-refractivity contribution in [1.29, 1.82) is 0 Å². The molecule has 1 aliphatic rings. The third kappa shape index (κ3) is 3.28. The summed E-state index contributed by atoms with van der Waals surface area (Å²) in [6.45, 7) is 0.529. The second kappa shape index (κ2) is 5.93. The maximum atomic E-state index is 12.0. The molecule has 20 heavy (non-hydrogen) atoms. The molecular formula is C13H14BrN3OS2. The maximum absolute atomic E-state index is 12.0. The fourth-order valence-electron chi connectivity index (χ4n) is 1.91. The number of aromatic nitrogens is 1. The molecular weight excluding hydrogens is 358 g/mol. The van der Waals surface area contributed by atoms with E-state index in [1.807, 2.05) is 11.4 Å². The molecule has 3 N–H and O–H groups in total. The lowest BCUT2D eigenvalue weighted by Gasteiger charge is -2.10.